The van der Waals surface area contributed by atoms with Gasteiger partial charge in [-0.2, -0.15) is 0 Å². The Balaban J connectivity index is 1.45. The van der Waals surface area contributed by atoms with Gasteiger partial charge in [0.2, 0.25) is 0 Å². The van der Waals surface area contributed by atoms with Crippen LogP contribution in [0.4, 0.5) is 5.82 Å². The molecule has 0 spiro atoms. The number of aromatic nitrogens is 2. The first-order chi connectivity index (χ1) is 17.0. The number of methoxy groups -OCH3 is 1. The Hall–Kier alpha value is -3.41. The van der Waals surface area contributed by atoms with E-state index in [1.54, 1.807) is 7.11 Å². The molecule has 35 heavy (non-hydrogen) atoms. The second-order valence-corrected chi connectivity index (χ2v) is 9.26. The summed E-state index contributed by atoms with van der Waals surface area (Å²) in [5.41, 5.74) is 5.41. The van der Waals surface area contributed by atoms with Gasteiger partial charge in [0.25, 0.3) is 5.91 Å². The summed E-state index contributed by atoms with van der Waals surface area (Å²) in [7, 11) is 1.68. The van der Waals surface area contributed by atoms with Gasteiger partial charge in [-0.25, -0.2) is 9.97 Å². The van der Waals surface area contributed by atoms with Crippen LogP contribution in [0.5, 0.6) is 5.75 Å². The average Bonchev–Trinajstić information content (AvgIpc) is 2.89. The van der Waals surface area contributed by atoms with E-state index in [1.165, 1.54) is 24.0 Å². The summed E-state index contributed by atoms with van der Waals surface area (Å²) in [4.78, 5) is 26.8. The number of aryl methyl sites for hydroxylation is 3. The van der Waals surface area contributed by atoms with Crippen molar-refractivity contribution in [3.05, 3.63) is 82.3 Å². The van der Waals surface area contributed by atoms with Crippen molar-refractivity contribution < 1.29 is 9.53 Å². The molecule has 1 aromatic heterocycles. The van der Waals surface area contributed by atoms with E-state index in [1.807, 2.05) is 36.1 Å². The topological polar surface area (TPSA) is 58.6 Å². The highest BCUT2D eigenvalue weighted by Crippen LogP contribution is 2.26. The molecule has 1 fully saturated rings. The smallest absolute Gasteiger partial charge is 0.253 e. The maximum atomic E-state index is 13.1. The number of amides is 1. The molecule has 1 amide bonds. The highest BCUT2D eigenvalue weighted by molar-refractivity contribution is 5.94. The highest BCUT2D eigenvalue weighted by Gasteiger charge is 2.25. The fourth-order valence-electron chi connectivity index (χ4n) is 4.63. The lowest BCUT2D eigenvalue weighted by Crippen LogP contribution is -2.49. The van der Waals surface area contributed by atoms with Gasteiger partial charge in [0.05, 0.1) is 7.11 Å². The number of carbonyl (C=O) groups is 1. The van der Waals surface area contributed by atoms with Crippen LogP contribution in [0.1, 0.15) is 58.3 Å². The predicted octanol–water partition coefficient (Wildman–Crippen LogP) is 5.00. The fraction of sp³-hybridized carbons (Fsp3) is 0.414. The van der Waals surface area contributed by atoms with Gasteiger partial charge < -0.3 is 14.5 Å². The Labute approximate surface area is 209 Å². The maximum Gasteiger partial charge on any atom is 0.253 e. The lowest BCUT2D eigenvalue weighted by Gasteiger charge is -2.36. The van der Waals surface area contributed by atoms with E-state index >= 15 is 0 Å². The van der Waals surface area contributed by atoms with Gasteiger partial charge in [0.15, 0.2) is 0 Å². The molecule has 0 radical (unpaired) electrons. The van der Waals surface area contributed by atoms with E-state index in [0.717, 1.165) is 60.1 Å². The first-order valence-corrected chi connectivity index (χ1v) is 12.6. The first kappa shape index (κ1) is 24.7. The van der Waals surface area contributed by atoms with Gasteiger partial charge in [-0.3, -0.25) is 4.79 Å². The van der Waals surface area contributed by atoms with Crippen LogP contribution >= 0.6 is 0 Å². The summed E-state index contributed by atoms with van der Waals surface area (Å²) >= 11 is 0. The summed E-state index contributed by atoms with van der Waals surface area (Å²) in [5, 5.41) is 0. The van der Waals surface area contributed by atoms with Crippen LogP contribution < -0.4 is 9.64 Å². The van der Waals surface area contributed by atoms with Crippen LogP contribution in [-0.4, -0.2) is 54.1 Å². The number of hydrogen-bond donors (Lipinski definition) is 0. The maximum absolute atomic E-state index is 13.1. The molecule has 1 saturated heterocycles. The Bertz CT molecular complexity index is 1130. The largest absolute Gasteiger partial charge is 0.497 e. The molecule has 1 aliphatic heterocycles. The molecule has 2 aromatic carbocycles. The minimum Gasteiger partial charge on any atom is -0.497 e. The van der Waals surface area contributed by atoms with Crippen molar-refractivity contribution in [3.8, 4) is 5.75 Å². The van der Waals surface area contributed by atoms with Crippen LogP contribution in [-0.2, 0) is 12.8 Å². The average molecular weight is 473 g/mol. The molecule has 6 heteroatoms. The number of ether oxygens (including phenoxy) is 1. The minimum absolute atomic E-state index is 0.111. The zero-order valence-electron chi connectivity index (χ0n) is 21.4. The van der Waals surface area contributed by atoms with Gasteiger partial charge in [-0.1, -0.05) is 37.6 Å². The van der Waals surface area contributed by atoms with E-state index in [4.69, 9.17) is 9.72 Å². The number of carbonyl (C=O) groups excluding carboxylic acids is 1. The number of nitrogens with zero attached hydrogens (tertiary/aromatic N) is 4. The number of rotatable bonds is 8. The van der Waals surface area contributed by atoms with E-state index in [2.05, 4.69) is 48.0 Å². The number of anilines is 1. The second-order valence-electron chi connectivity index (χ2n) is 9.26. The van der Waals surface area contributed by atoms with Crippen LogP contribution in [0, 0.1) is 13.8 Å². The summed E-state index contributed by atoms with van der Waals surface area (Å²) in [5.74, 6) is 2.72. The zero-order valence-corrected chi connectivity index (χ0v) is 21.4. The molecule has 0 bridgehead atoms. The number of benzene rings is 2. The van der Waals surface area contributed by atoms with Crippen molar-refractivity contribution in [1.82, 2.24) is 14.9 Å². The van der Waals surface area contributed by atoms with E-state index < -0.39 is 0 Å². The second kappa shape index (κ2) is 11.3. The van der Waals surface area contributed by atoms with Crippen molar-refractivity contribution >= 4 is 11.7 Å². The van der Waals surface area contributed by atoms with Crippen molar-refractivity contribution in [3.63, 3.8) is 0 Å². The van der Waals surface area contributed by atoms with Crippen molar-refractivity contribution in [2.75, 3.05) is 38.2 Å². The predicted molar refractivity (Wildman–Crippen MR) is 140 cm³/mol. The first-order valence-electron chi connectivity index (χ1n) is 12.6. The van der Waals surface area contributed by atoms with Gasteiger partial charge in [0.1, 0.15) is 17.4 Å². The van der Waals surface area contributed by atoms with Crippen molar-refractivity contribution in [2.24, 2.45) is 0 Å². The van der Waals surface area contributed by atoms with Crippen LogP contribution in [0.25, 0.3) is 0 Å². The minimum atomic E-state index is 0.111. The molecule has 6 nitrogen and oxygen atoms in total. The Kier molecular flexibility index (Phi) is 8.01. The summed E-state index contributed by atoms with van der Waals surface area (Å²) in [6.07, 6.45) is 4.19. The third kappa shape index (κ3) is 5.99. The lowest BCUT2D eigenvalue weighted by atomic mass is 10.0. The molecule has 0 unspecified atom stereocenters. The van der Waals surface area contributed by atoms with Gasteiger partial charge in [-0.05, 0) is 62.1 Å². The molecular weight excluding hydrogens is 436 g/mol. The lowest BCUT2D eigenvalue weighted by molar-refractivity contribution is 0.0746. The van der Waals surface area contributed by atoms with Crippen molar-refractivity contribution in [1.29, 1.82) is 0 Å². The van der Waals surface area contributed by atoms with Gasteiger partial charge in [0, 0.05) is 49.4 Å². The number of hydrogen-bond acceptors (Lipinski definition) is 5. The highest BCUT2D eigenvalue weighted by atomic mass is 16.5. The Morgan fingerprint density at radius 2 is 1.57 bits per heavy atom. The normalized spacial score (nSPS) is 13.7. The molecule has 0 saturated carbocycles. The summed E-state index contributed by atoms with van der Waals surface area (Å²) in [6, 6.07) is 16.3. The van der Waals surface area contributed by atoms with Crippen LogP contribution in [0.3, 0.4) is 0 Å². The third-order valence-electron chi connectivity index (χ3n) is 6.73. The van der Waals surface area contributed by atoms with Gasteiger partial charge in [-0.15, -0.1) is 0 Å². The third-order valence-corrected chi connectivity index (χ3v) is 6.73. The van der Waals surface area contributed by atoms with Crippen molar-refractivity contribution in [2.45, 2.75) is 46.5 Å². The summed E-state index contributed by atoms with van der Waals surface area (Å²) < 4.78 is 5.30. The SMILES string of the molecule is CCCCc1ccc(C(=O)N2CCN(c3nc(C)nc(C)c3Cc3ccc(OC)cc3)CC2)cc1. The number of piperazine rings is 1. The quantitative estimate of drug-likeness (QED) is 0.462. The van der Waals surface area contributed by atoms with E-state index in [-0.39, 0.29) is 5.91 Å². The zero-order chi connectivity index (χ0) is 24.8. The molecule has 3 aromatic rings. The molecule has 0 atom stereocenters. The Morgan fingerprint density at radius 1 is 0.914 bits per heavy atom. The van der Waals surface area contributed by atoms with E-state index in [9.17, 15) is 4.79 Å². The number of unbranched alkanes of at least 4 members (excludes halogenated alkanes) is 1. The van der Waals surface area contributed by atoms with Gasteiger partial charge >= 0.3 is 0 Å². The molecule has 4 rings (SSSR count). The molecule has 184 valence electrons. The fourth-order valence-corrected chi connectivity index (χ4v) is 4.63. The monoisotopic (exact) mass is 472 g/mol. The summed E-state index contributed by atoms with van der Waals surface area (Å²) in [6.45, 7) is 9.07. The molecular formula is C29H36N4O2. The van der Waals surface area contributed by atoms with Crippen LogP contribution in [0.15, 0.2) is 48.5 Å². The van der Waals surface area contributed by atoms with Crippen LogP contribution in [0.2, 0.25) is 0 Å². The van der Waals surface area contributed by atoms with E-state index in [0.29, 0.717) is 13.1 Å². The standard InChI is InChI=1S/C29H36N4O2/c1-5-6-7-23-8-12-25(13-9-23)29(34)33-18-16-32(17-19-33)28-27(21(2)30-22(3)31-28)20-24-10-14-26(35-4)15-11-24/h8-15H,5-7,16-20H2,1-4H3. The molecule has 2 heterocycles. The molecule has 1 aliphatic rings. The Morgan fingerprint density at radius 3 is 2.20 bits per heavy atom. The molecule has 0 aliphatic carbocycles. The molecule has 0 N–H and O–H groups in total.